The fraction of sp³-hybridized carbons (Fsp3) is 0.947. The Kier molecular flexibility index (Phi) is 3.98. The molecular weight excluding hydrogens is 304 g/mol. The molecule has 2 saturated heterocycles. The van der Waals surface area contributed by atoms with Gasteiger partial charge in [0, 0.05) is 31.0 Å². The molecule has 4 rings (SSSR count). The molecule has 2 aliphatic heterocycles. The van der Waals surface area contributed by atoms with Crippen molar-refractivity contribution >= 4 is 5.97 Å². The first-order valence-electron chi connectivity index (χ1n) is 9.63. The third-order valence-electron chi connectivity index (χ3n) is 7.29. The number of nitrogens with one attached hydrogen (secondary N) is 1. The van der Waals surface area contributed by atoms with Gasteiger partial charge in [-0.3, -0.25) is 4.79 Å². The number of fused-ring (bicyclic) bond motifs is 2. The summed E-state index contributed by atoms with van der Waals surface area (Å²) in [4.78, 5) is 14.6. The molecule has 5 heteroatoms. The summed E-state index contributed by atoms with van der Waals surface area (Å²) in [7, 11) is 4.13. The zero-order chi connectivity index (χ0) is 17.1. The highest BCUT2D eigenvalue weighted by molar-refractivity contribution is 5.76. The molecule has 0 radical (unpaired) electrons. The van der Waals surface area contributed by atoms with Crippen LogP contribution in [0.15, 0.2) is 0 Å². The smallest absolute Gasteiger partial charge is 0.311 e. The molecule has 0 bridgehead atoms. The lowest BCUT2D eigenvalue weighted by Crippen LogP contribution is -2.54. The van der Waals surface area contributed by atoms with Crippen LogP contribution >= 0.6 is 0 Å². The highest BCUT2D eigenvalue weighted by Crippen LogP contribution is 2.70. The second-order valence-electron chi connectivity index (χ2n) is 9.06. The SMILES string of the molecule is CC1CCCC2(C)CC3OC(=O)C(CNCCN(C)C)C3C3OC132. The lowest BCUT2D eigenvalue weighted by atomic mass is 9.53. The van der Waals surface area contributed by atoms with Crippen molar-refractivity contribution in [2.24, 2.45) is 23.2 Å². The number of ether oxygens (including phenoxy) is 2. The molecule has 7 atom stereocenters. The van der Waals surface area contributed by atoms with Gasteiger partial charge in [-0.05, 0) is 39.3 Å². The zero-order valence-electron chi connectivity index (χ0n) is 15.5. The van der Waals surface area contributed by atoms with E-state index in [0.717, 1.165) is 26.1 Å². The van der Waals surface area contributed by atoms with Crippen LogP contribution in [0.1, 0.15) is 39.5 Å². The normalized spacial score (nSPS) is 49.4. The molecule has 1 spiro atoms. The Morgan fingerprint density at radius 3 is 2.92 bits per heavy atom. The molecule has 2 heterocycles. The van der Waals surface area contributed by atoms with Crippen molar-refractivity contribution in [2.75, 3.05) is 33.7 Å². The van der Waals surface area contributed by atoms with E-state index in [0.29, 0.717) is 5.92 Å². The van der Waals surface area contributed by atoms with Gasteiger partial charge in [-0.1, -0.05) is 20.3 Å². The Morgan fingerprint density at radius 1 is 1.38 bits per heavy atom. The van der Waals surface area contributed by atoms with E-state index in [-0.39, 0.29) is 41.0 Å². The van der Waals surface area contributed by atoms with Crippen LogP contribution in [0, 0.1) is 23.2 Å². The Bertz CT molecular complexity index is 525. The minimum atomic E-state index is -0.0415. The molecule has 24 heavy (non-hydrogen) atoms. The zero-order valence-corrected chi connectivity index (χ0v) is 15.5. The van der Waals surface area contributed by atoms with Gasteiger partial charge in [0.05, 0.1) is 12.0 Å². The van der Waals surface area contributed by atoms with Crippen LogP contribution in [-0.4, -0.2) is 62.4 Å². The van der Waals surface area contributed by atoms with Crippen molar-refractivity contribution in [2.45, 2.75) is 57.3 Å². The molecule has 4 fully saturated rings. The van der Waals surface area contributed by atoms with Crippen LogP contribution in [0.5, 0.6) is 0 Å². The highest BCUT2D eigenvalue weighted by Gasteiger charge is 2.78. The molecule has 0 amide bonds. The Morgan fingerprint density at radius 2 is 2.17 bits per heavy atom. The van der Waals surface area contributed by atoms with Crippen LogP contribution in [0.3, 0.4) is 0 Å². The fourth-order valence-corrected chi connectivity index (χ4v) is 6.03. The van der Waals surface area contributed by atoms with E-state index >= 15 is 0 Å². The Hall–Kier alpha value is -0.650. The third kappa shape index (κ3) is 2.27. The van der Waals surface area contributed by atoms with E-state index in [9.17, 15) is 4.79 Å². The summed E-state index contributed by atoms with van der Waals surface area (Å²) in [5.74, 6) is 0.793. The van der Waals surface area contributed by atoms with Crippen molar-refractivity contribution in [1.29, 1.82) is 0 Å². The molecular formula is C19H32N2O3. The van der Waals surface area contributed by atoms with E-state index in [1.807, 2.05) is 0 Å². The van der Waals surface area contributed by atoms with Crippen LogP contribution in [0.2, 0.25) is 0 Å². The summed E-state index contributed by atoms with van der Waals surface area (Å²) in [6.07, 6.45) is 5.01. The number of esters is 1. The van der Waals surface area contributed by atoms with Crippen LogP contribution in [0.25, 0.3) is 0 Å². The van der Waals surface area contributed by atoms with Gasteiger partial charge >= 0.3 is 5.97 Å². The van der Waals surface area contributed by atoms with Gasteiger partial charge in [0.2, 0.25) is 0 Å². The number of likely N-dealkylation sites (N-methyl/N-ethyl adjacent to an activating group) is 1. The number of carbonyl (C=O) groups is 1. The highest BCUT2D eigenvalue weighted by atomic mass is 16.6. The molecule has 2 aliphatic carbocycles. The van der Waals surface area contributed by atoms with Crippen molar-refractivity contribution in [3.8, 4) is 0 Å². The van der Waals surface area contributed by atoms with Crippen LogP contribution in [-0.2, 0) is 14.3 Å². The van der Waals surface area contributed by atoms with Crippen molar-refractivity contribution in [1.82, 2.24) is 10.2 Å². The number of hydrogen-bond donors (Lipinski definition) is 1. The van der Waals surface area contributed by atoms with Gasteiger partial charge in [0.15, 0.2) is 0 Å². The average Bonchev–Trinajstić information content (AvgIpc) is 3.18. The van der Waals surface area contributed by atoms with Gasteiger partial charge < -0.3 is 19.7 Å². The van der Waals surface area contributed by atoms with Crippen LogP contribution < -0.4 is 5.32 Å². The molecule has 4 aliphatic rings. The molecule has 5 nitrogen and oxygen atoms in total. The molecule has 0 aromatic carbocycles. The van der Waals surface area contributed by atoms with Crippen molar-refractivity contribution in [3.63, 3.8) is 0 Å². The quantitative estimate of drug-likeness (QED) is 0.470. The first-order chi connectivity index (χ1) is 11.4. The third-order valence-corrected chi connectivity index (χ3v) is 7.29. The molecule has 1 N–H and O–H groups in total. The first kappa shape index (κ1) is 16.8. The summed E-state index contributed by atoms with van der Waals surface area (Å²) in [5.41, 5.74) is 0.201. The Balaban J connectivity index is 1.48. The second kappa shape index (κ2) is 5.68. The van der Waals surface area contributed by atoms with Gasteiger partial charge in [-0.25, -0.2) is 0 Å². The van der Waals surface area contributed by atoms with E-state index in [4.69, 9.17) is 9.47 Å². The first-order valence-corrected chi connectivity index (χ1v) is 9.63. The van der Waals surface area contributed by atoms with E-state index in [1.54, 1.807) is 0 Å². The van der Waals surface area contributed by atoms with Gasteiger partial charge in [0.1, 0.15) is 11.7 Å². The lowest BCUT2D eigenvalue weighted by molar-refractivity contribution is -0.146. The van der Waals surface area contributed by atoms with E-state index in [2.05, 4.69) is 38.2 Å². The molecule has 0 aromatic heterocycles. The number of nitrogens with zero attached hydrogens (tertiary/aromatic N) is 1. The maximum absolute atomic E-state index is 12.5. The maximum Gasteiger partial charge on any atom is 0.311 e. The van der Waals surface area contributed by atoms with E-state index in [1.165, 1.54) is 19.3 Å². The largest absolute Gasteiger partial charge is 0.462 e. The molecule has 0 aromatic rings. The predicted octanol–water partition coefficient (Wildman–Crippen LogP) is 1.66. The predicted molar refractivity (Wildman–Crippen MR) is 91.6 cm³/mol. The van der Waals surface area contributed by atoms with Gasteiger partial charge in [0.25, 0.3) is 0 Å². The minimum absolute atomic E-state index is 0.0112. The topological polar surface area (TPSA) is 54.1 Å². The fourth-order valence-electron chi connectivity index (χ4n) is 6.03. The van der Waals surface area contributed by atoms with Crippen molar-refractivity contribution in [3.05, 3.63) is 0 Å². The number of rotatable bonds is 5. The lowest BCUT2D eigenvalue weighted by Gasteiger charge is -2.48. The number of carbonyl (C=O) groups excluding carboxylic acids is 1. The number of hydrogen-bond acceptors (Lipinski definition) is 5. The second-order valence-corrected chi connectivity index (χ2v) is 9.06. The summed E-state index contributed by atoms with van der Waals surface area (Å²) in [5, 5.41) is 3.45. The van der Waals surface area contributed by atoms with Crippen molar-refractivity contribution < 1.29 is 14.3 Å². The monoisotopic (exact) mass is 336 g/mol. The van der Waals surface area contributed by atoms with Gasteiger partial charge in [-0.15, -0.1) is 0 Å². The van der Waals surface area contributed by atoms with E-state index < -0.39 is 0 Å². The molecule has 7 unspecified atom stereocenters. The summed E-state index contributed by atoms with van der Waals surface area (Å²) in [6.45, 7) is 7.32. The summed E-state index contributed by atoms with van der Waals surface area (Å²) >= 11 is 0. The average molecular weight is 336 g/mol. The van der Waals surface area contributed by atoms with Gasteiger partial charge in [-0.2, -0.15) is 0 Å². The summed E-state index contributed by atoms with van der Waals surface area (Å²) in [6, 6.07) is 0. The minimum Gasteiger partial charge on any atom is -0.462 e. The molecule has 136 valence electrons. The number of epoxide rings is 1. The standard InChI is InChI=1S/C19H32N2O3/c1-12-6-5-7-18(2)10-14-15(16-19(12,18)24-16)13(17(22)23-14)11-20-8-9-21(3)4/h12-16,20H,5-11H2,1-4H3. The molecule has 2 saturated carbocycles. The van der Waals surface area contributed by atoms with Crippen LogP contribution in [0.4, 0.5) is 0 Å². The maximum atomic E-state index is 12.5. The Labute approximate surface area is 145 Å². The summed E-state index contributed by atoms with van der Waals surface area (Å²) < 4.78 is 12.3.